The van der Waals surface area contributed by atoms with Crippen LogP contribution in [0.25, 0.3) is 0 Å². The maximum absolute atomic E-state index is 2.50. The van der Waals surface area contributed by atoms with Crippen LogP contribution in [0.2, 0.25) is 0 Å². The lowest BCUT2D eigenvalue weighted by molar-refractivity contribution is 0.385. The molecule has 2 rings (SSSR count). The Morgan fingerprint density at radius 3 is 1.45 bits per heavy atom. The predicted molar refractivity (Wildman–Crippen MR) is 48.4 cm³/mol. The van der Waals surface area contributed by atoms with Crippen LogP contribution in [0.15, 0.2) is 12.2 Å². The van der Waals surface area contributed by atoms with E-state index in [4.69, 9.17) is 0 Å². The third-order valence-corrected chi connectivity index (χ3v) is 3.21. The van der Waals surface area contributed by atoms with Gasteiger partial charge in [-0.25, -0.2) is 0 Å². The van der Waals surface area contributed by atoms with Crippen LogP contribution in [-0.4, -0.2) is 0 Å². The van der Waals surface area contributed by atoms with Crippen molar-refractivity contribution in [1.82, 2.24) is 0 Å². The minimum atomic E-state index is 0.954. The van der Waals surface area contributed by atoms with E-state index < -0.39 is 0 Å². The molecule has 0 aliphatic heterocycles. The van der Waals surface area contributed by atoms with E-state index in [9.17, 15) is 0 Å². The van der Waals surface area contributed by atoms with Crippen molar-refractivity contribution in [1.29, 1.82) is 0 Å². The molecule has 0 radical (unpaired) electrons. The first-order valence-corrected chi connectivity index (χ1v) is 5.13. The van der Waals surface area contributed by atoms with Gasteiger partial charge in [0.25, 0.3) is 0 Å². The first-order chi connectivity index (χ1) is 5.45. The van der Waals surface area contributed by atoms with Crippen molar-refractivity contribution in [3.05, 3.63) is 12.2 Å². The molecule has 2 fully saturated rings. The van der Waals surface area contributed by atoms with Gasteiger partial charge in [0.05, 0.1) is 0 Å². The summed E-state index contributed by atoms with van der Waals surface area (Å²) in [6.45, 7) is 0. The van der Waals surface area contributed by atoms with Gasteiger partial charge in [-0.2, -0.15) is 0 Å². The summed E-state index contributed by atoms with van der Waals surface area (Å²) >= 11 is 0. The molecule has 0 aromatic carbocycles. The molecule has 0 atom stereocenters. The molecule has 0 heteroatoms. The van der Waals surface area contributed by atoms with Gasteiger partial charge in [-0.15, -0.1) is 0 Å². The van der Waals surface area contributed by atoms with Gasteiger partial charge in [0.1, 0.15) is 0 Å². The third-order valence-electron chi connectivity index (χ3n) is 3.21. The lowest BCUT2D eigenvalue weighted by atomic mass is 9.84. The number of hydrogen-bond donors (Lipinski definition) is 0. The maximum atomic E-state index is 2.50. The van der Waals surface area contributed by atoms with Gasteiger partial charge in [0.15, 0.2) is 0 Å². The molecule has 62 valence electrons. The molecule has 0 unspecified atom stereocenters. The van der Waals surface area contributed by atoms with Crippen LogP contribution in [0.5, 0.6) is 0 Å². The molecule has 0 heterocycles. The standard InChI is InChI=1S/C11H18/c1-2-5-10(4-1)8-9-11-6-3-7-11/h8-11H,1-7H2/b9-8-. The van der Waals surface area contributed by atoms with Gasteiger partial charge in [0, 0.05) is 0 Å². The quantitative estimate of drug-likeness (QED) is 0.528. The molecule has 0 aromatic heterocycles. The van der Waals surface area contributed by atoms with Crippen molar-refractivity contribution in [3.8, 4) is 0 Å². The fourth-order valence-electron chi connectivity index (χ4n) is 2.10. The van der Waals surface area contributed by atoms with E-state index in [0.29, 0.717) is 0 Å². The van der Waals surface area contributed by atoms with E-state index in [2.05, 4.69) is 12.2 Å². The highest BCUT2D eigenvalue weighted by atomic mass is 14.2. The molecule has 0 N–H and O–H groups in total. The van der Waals surface area contributed by atoms with Crippen LogP contribution in [0, 0.1) is 11.8 Å². The van der Waals surface area contributed by atoms with Crippen LogP contribution < -0.4 is 0 Å². The van der Waals surface area contributed by atoms with E-state index in [1.54, 1.807) is 0 Å². The Labute approximate surface area is 69.7 Å². The normalized spacial score (nSPS) is 28.0. The number of rotatable bonds is 2. The second kappa shape index (κ2) is 3.42. The molecule has 0 saturated heterocycles. The Bertz CT molecular complexity index is 136. The highest BCUT2D eigenvalue weighted by Crippen LogP contribution is 2.30. The second-order valence-corrected chi connectivity index (χ2v) is 4.12. The Kier molecular flexibility index (Phi) is 2.30. The fraction of sp³-hybridized carbons (Fsp3) is 0.818. The smallest absolute Gasteiger partial charge is 0.0233 e. The van der Waals surface area contributed by atoms with E-state index >= 15 is 0 Å². The zero-order valence-corrected chi connectivity index (χ0v) is 7.26. The van der Waals surface area contributed by atoms with Gasteiger partial charge in [-0.1, -0.05) is 31.4 Å². The highest BCUT2D eigenvalue weighted by Gasteiger charge is 2.16. The van der Waals surface area contributed by atoms with Crippen LogP contribution in [-0.2, 0) is 0 Å². The Hall–Kier alpha value is -0.260. The molecule has 0 nitrogen and oxygen atoms in total. The van der Waals surface area contributed by atoms with Crippen LogP contribution in [0.4, 0.5) is 0 Å². The molecule has 0 amide bonds. The first-order valence-electron chi connectivity index (χ1n) is 5.13. The molecule has 2 aliphatic rings. The molecule has 2 aliphatic carbocycles. The topological polar surface area (TPSA) is 0 Å². The van der Waals surface area contributed by atoms with Gasteiger partial charge in [0.2, 0.25) is 0 Å². The summed E-state index contributed by atoms with van der Waals surface area (Å²) in [5.74, 6) is 1.92. The number of allylic oxidation sites excluding steroid dienone is 2. The summed E-state index contributed by atoms with van der Waals surface area (Å²) in [6.07, 6.45) is 15.2. The lowest BCUT2D eigenvalue weighted by Crippen LogP contribution is -2.07. The highest BCUT2D eigenvalue weighted by molar-refractivity contribution is 4.97. The Morgan fingerprint density at radius 2 is 1.09 bits per heavy atom. The lowest BCUT2D eigenvalue weighted by Gasteiger charge is -2.21. The first kappa shape index (κ1) is 7.39. The SMILES string of the molecule is C(=C/C1CCC1)/C1CCCC1. The van der Waals surface area contributed by atoms with Crippen molar-refractivity contribution in [3.63, 3.8) is 0 Å². The fourth-order valence-corrected chi connectivity index (χ4v) is 2.10. The zero-order valence-electron chi connectivity index (χ0n) is 7.26. The van der Waals surface area contributed by atoms with Crippen molar-refractivity contribution >= 4 is 0 Å². The van der Waals surface area contributed by atoms with E-state index in [-0.39, 0.29) is 0 Å². The largest absolute Gasteiger partial charge is 0.0851 e. The summed E-state index contributed by atoms with van der Waals surface area (Å²) in [7, 11) is 0. The van der Waals surface area contributed by atoms with Gasteiger partial charge >= 0.3 is 0 Å². The van der Waals surface area contributed by atoms with Crippen molar-refractivity contribution in [2.75, 3.05) is 0 Å². The molecular formula is C11H18. The molecular weight excluding hydrogens is 132 g/mol. The number of hydrogen-bond acceptors (Lipinski definition) is 0. The maximum Gasteiger partial charge on any atom is -0.0233 e. The molecule has 2 saturated carbocycles. The monoisotopic (exact) mass is 150 g/mol. The van der Waals surface area contributed by atoms with Crippen molar-refractivity contribution in [2.24, 2.45) is 11.8 Å². The second-order valence-electron chi connectivity index (χ2n) is 4.12. The van der Waals surface area contributed by atoms with Crippen LogP contribution in [0.3, 0.4) is 0 Å². The summed E-state index contributed by atoms with van der Waals surface area (Å²) in [6, 6.07) is 0. The molecule has 0 bridgehead atoms. The molecule has 11 heavy (non-hydrogen) atoms. The molecule has 0 spiro atoms. The van der Waals surface area contributed by atoms with E-state index in [1.165, 1.54) is 44.9 Å². The summed E-state index contributed by atoms with van der Waals surface area (Å²) in [5.41, 5.74) is 0. The van der Waals surface area contributed by atoms with Crippen molar-refractivity contribution < 1.29 is 0 Å². The third kappa shape index (κ3) is 1.85. The van der Waals surface area contributed by atoms with E-state index in [1.807, 2.05) is 0 Å². The minimum Gasteiger partial charge on any atom is -0.0851 e. The van der Waals surface area contributed by atoms with Crippen LogP contribution in [0.1, 0.15) is 44.9 Å². The molecule has 0 aromatic rings. The predicted octanol–water partition coefficient (Wildman–Crippen LogP) is 3.53. The summed E-state index contributed by atoms with van der Waals surface area (Å²) in [5, 5.41) is 0. The Morgan fingerprint density at radius 1 is 0.636 bits per heavy atom. The van der Waals surface area contributed by atoms with Crippen LogP contribution >= 0.6 is 0 Å². The van der Waals surface area contributed by atoms with Gasteiger partial charge < -0.3 is 0 Å². The Balaban J connectivity index is 1.73. The van der Waals surface area contributed by atoms with Gasteiger partial charge in [-0.3, -0.25) is 0 Å². The summed E-state index contributed by atoms with van der Waals surface area (Å²) in [4.78, 5) is 0. The summed E-state index contributed by atoms with van der Waals surface area (Å²) < 4.78 is 0. The van der Waals surface area contributed by atoms with E-state index in [0.717, 1.165) is 11.8 Å². The average Bonchev–Trinajstić information content (AvgIpc) is 2.36. The average molecular weight is 150 g/mol. The van der Waals surface area contributed by atoms with Crippen molar-refractivity contribution in [2.45, 2.75) is 44.9 Å². The zero-order chi connectivity index (χ0) is 7.52. The van der Waals surface area contributed by atoms with Gasteiger partial charge in [-0.05, 0) is 37.5 Å². The minimum absolute atomic E-state index is 0.954.